The first kappa shape index (κ1) is 32.3. The quantitative estimate of drug-likeness (QED) is 0.144. The monoisotopic (exact) mass is 430 g/mol. The van der Waals surface area contributed by atoms with Crippen LogP contribution in [0, 0.1) is 12.3 Å². The summed E-state index contributed by atoms with van der Waals surface area (Å²) in [7, 11) is -3.37. The van der Waals surface area contributed by atoms with Gasteiger partial charge in [-0.25, -0.2) is 21.7 Å². The molecule has 0 unspecified atom stereocenters. The van der Waals surface area contributed by atoms with Crippen LogP contribution >= 0.6 is 8.60 Å². The number of aliphatic hydroxyl groups excluding tert-OH is 4. The third-order valence-electron chi connectivity index (χ3n) is 2.20. The van der Waals surface area contributed by atoms with E-state index in [0.29, 0.717) is 0 Å². The first-order chi connectivity index (χ1) is 11.7. The zero-order chi connectivity index (χ0) is 20.3. The van der Waals surface area contributed by atoms with Gasteiger partial charge in [0, 0.05) is 0 Å². The number of carbonyl (C=O) groups excluding carboxylic acids is 2. The second-order valence-corrected chi connectivity index (χ2v) is 4.43. The van der Waals surface area contributed by atoms with Gasteiger partial charge in [-0.15, -0.1) is 0 Å². The molecule has 1 rings (SSSR count). The van der Waals surface area contributed by atoms with Crippen molar-refractivity contribution in [3.8, 4) is 0 Å². The molecule has 0 saturated carbocycles. The molecule has 0 aliphatic heterocycles. The molecule has 0 radical (unpaired) electrons. The molecular formula is C15H20MnO9P-2. The van der Waals surface area contributed by atoms with Gasteiger partial charge in [0.15, 0.2) is 28.8 Å². The first-order valence-electron chi connectivity index (χ1n) is 6.62. The first-order valence-corrected chi connectivity index (χ1v) is 7.71. The Kier molecular flexibility index (Phi) is 26.9. The van der Waals surface area contributed by atoms with E-state index < -0.39 is 38.7 Å². The second-order valence-electron chi connectivity index (χ2n) is 3.99. The Labute approximate surface area is 163 Å². The SMILES string of the molecule is O=C=C(O)C(CO)(CO)C(O)=C=O.[CH2-]CC.[Mn+3].[O-]P([O-])[O-].c1cc[cH-]c1. The van der Waals surface area contributed by atoms with E-state index in [1.807, 2.05) is 37.3 Å². The molecular weight excluding hydrogens is 410 g/mol. The van der Waals surface area contributed by atoms with Crippen molar-refractivity contribution in [3.05, 3.63) is 48.8 Å². The van der Waals surface area contributed by atoms with Crippen LogP contribution in [0.4, 0.5) is 0 Å². The maximum absolute atomic E-state index is 10.0. The predicted molar refractivity (Wildman–Crippen MR) is 84.9 cm³/mol. The topological polar surface area (TPSA) is 184 Å². The Morgan fingerprint density at radius 3 is 1.46 bits per heavy atom. The van der Waals surface area contributed by atoms with E-state index in [2.05, 4.69) is 6.92 Å². The average molecular weight is 430 g/mol. The molecule has 0 spiro atoms. The molecule has 11 heteroatoms. The number of hydrogen-bond donors (Lipinski definition) is 4. The van der Waals surface area contributed by atoms with Crippen molar-refractivity contribution in [2.45, 2.75) is 13.3 Å². The molecule has 0 amide bonds. The summed E-state index contributed by atoms with van der Waals surface area (Å²) in [6.07, 6.45) is 1.00. The number of aliphatic hydroxyl groups is 4. The fourth-order valence-corrected chi connectivity index (χ4v) is 0.978. The van der Waals surface area contributed by atoms with Gasteiger partial charge >= 0.3 is 17.1 Å². The number of rotatable bonds is 4. The summed E-state index contributed by atoms with van der Waals surface area (Å²) in [6, 6.07) is 10.0. The smallest absolute Gasteiger partial charge is 0.854 e. The van der Waals surface area contributed by atoms with Crippen molar-refractivity contribution in [2.24, 2.45) is 5.41 Å². The van der Waals surface area contributed by atoms with Gasteiger partial charge < -0.3 is 50.6 Å². The molecule has 0 saturated heterocycles. The van der Waals surface area contributed by atoms with Gasteiger partial charge in [-0.05, 0) is 0 Å². The maximum Gasteiger partial charge on any atom is 3.00 e. The molecule has 1 aromatic carbocycles. The van der Waals surface area contributed by atoms with E-state index in [9.17, 15) is 9.59 Å². The van der Waals surface area contributed by atoms with E-state index in [-0.39, 0.29) is 17.1 Å². The van der Waals surface area contributed by atoms with Crippen LogP contribution in [0.5, 0.6) is 0 Å². The summed E-state index contributed by atoms with van der Waals surface area (Å²) in [5.41, 5.74) is -2.19. The van der Waals surface area contributed by atoms with Crippen LogP contribution in [0.15, 0.2) is 41.9 Å². The summed E-state index contributed by atoms with van der Waals surface area (Å²) >= 11 is 0. The molecule has 0 aromatic heterocycles. The fraction of sp³-hybridized carbons (Fsp3) is 0.333. The average Bonchev–Trinajstić information content (AvgIpc) is 3.16. The Morgan fingerprint density at radius 1 is 1.08 bits per heavy atom. The van der Waals surface area contributed by atoms with Crippen molar-refractivity contribution in [3.63, 3.8) is 0 Å². The molecule has 9 nitrogen and oxygen atoms in total. The minimum absolute atomic E-state index is 0. The van der Waals surface area contributed by atoms with Crippen molar-refractivity contribution in [1.82, 2.24) is 0 Å². The molecule has 0 heterocycles. The molecule has 26 heavy (non-hydrogen) atoms. The molecule has 4 N–H and O–H groups in total. The summed E-state index contributed by atoms with van der Waals surface area (Å²) in [6.45, 7) is 3.48. The van der Waals surface area contributed by atoms with Crippen LogP contribution in [0.1, 0.15) is 13.3 Å². The van der Waals surface area contributed by atoms with Crippen LogP contribution in [0.3, 0.4) is 0 Å². The van der Waals surface area contributed by atoms with Crippen molar-refractivity contribution >= 4 is 20.5 Å². The summed E-state index contributed by atoms with van der Waals surface area (Å²) in [4.78, 5) is 45.4. The predicted octanol–water partition coefficient (Wildman–Crippen LogP) is -1.57. The van der Waals surface area contributed by atoms with Gasteiger partial charge in [-0.2, -0.15) is 24.6 Å². The minimum atomic E-state index is -3.37. The van der Waals surface area contributed by atoms with E-state index in [0.717, 1.165) is 18.3 Å². The Morgan fingerprint density at radius 2 is 1.35 bits per heavy atom. The molecule has 148 valence electrons. The van der Waals surface area contributed by atoms with E-state index in [1.54, 1.807) is 0 Å². The molecule has 0 aliphatic carbocycles. The molecule has 1 aromatic rings. The summed E-state index contributed by atoms with van der Waals surface area (Å²) < 4.78 is 0. The largest absolute Gasteiger partial charge is 3.00 e. The minimum Gasteiger partial charge on any atom is -0.854 e. The van der Waals surface area contributed by atoms with E-state index in [1.165, 1.54) is 0 Å². The molecule has 0 atom stereocenters. The van der Waals surface area contributed by atoms with E-state index in [4.69, 9.17) is 35.1 Å². The fourth-order valence-electron chi connectivity index (χ4n) is 0.978. The van der Waals surface area contributed by atoms with Crippen LogP contribution in [-0.2, 0) is 26.7 Å². The second kappa shape index (κ2) is 21.6. The molecule has 0 fully saturated rings. The zero-order valence-corrected chi connectivity index (χ0v) is 15.9. The third-order valence-corrected chi connectivity index (χ3v) is 2.20. The van der Waals surface area contributed by atoms with E-state index >= 15 is 0 Å². The van der Waals surface area contributed by atoms with Crippen LogP contribution in [-0.4, -0.2) is 45.5 Å². The number of hydrogen-bond acceptors (Lipinski definition) is 9. The van der Waals surface area contributed by atoms with Crippen LogP contribution < -0.4 is 14.7 Å². The van der Waals surface area contributed by atoms with Gasteiger partial charge in [0.1, 0.15) is 0 Å². The zero-order valence-electron chi connectivity index (χ0n) is 13.9. The molecule has 0 aliphatic rings. The Bertz CT molecular complexity index is 457. The normalized spacial score (nSPS) is 8.62. The van der Waals surface area contributed by atoms with Crippen LogP contribution in [0.25, 0.3) is 0 Å². The van der Waals surface area contributed by atoms with Crippen molar-refractivity contribution in [1.29, 1.82) is 0 Å². The van der Waals surface area contributed by atoms with Crippen LogP contribution in [0.2, 0.25) is 0 Å². The molecule has 0 bridgehead atoms. The summed E-state index contributed by atoms with van der Waals surface area (Å²) in [5, 5.41) is 35.2. The van der Waals surface area contributed by atoms with Gasteiger partial charge in [0.25, 0.3) is 0 Å². The van der Waals surface area contributed by atoms with Crippen molar-refractivity contribution < 1.29 is 61.8 Å². The Balaban J connectivity index is -0.000000152. The maximum atomic E-state index is 10.0. The standard InChI is InChI=1S/C7H8O6.C5H5.C3H7.Mn.O3P/c8-1-5(12)7(3-10,4-11)6(13)2-9;1-2-4-5-3-1;1-3-2;;1-4(2)3/h10-13H,3-4H2;1-5H;1,3H2,2H3;;/q;2*-1;+3;-3. The van der Waals surface area contributed by atoms with Crippen molar-refractivity contribution in [2.75, 3.05) is 13.2 Å². The van der Waals surface area contributed by atoms with Gasteiger partial charge in [0.05, 0.1) is 13.2 Å². The Hall–Kier alpha value is -1.40. The third kappa shape index (κ3) is 16.1. The summed E-state index contributed by atoms with van der Waals surface area (Å²) in [5.74, 6) is -0.378. The van der Waals surface area contributed by atoms with Gasteiger partial charge in [0.2, 0.25) is 0 Å². The van der Waals surface area contributed by atoms with Gasteiger partial charge in [-0.1, -0.05) is 6.92 Å². The van der Waals surface area contributed by atoms with Gasteiger partial charge in [-0.3, -0.25) is 0 Å².